The highest BCUT2D eigenvalue weighted by atomic mass is 16.5. The zero-order chi connectivity index (χ0) is 19.4. The Bertz CT molecular complexity index is 721. The van der Waals surface area contributed by atoms with Crippen molar-refractivity contribution >= 4 is 11.6 Å². The highest BCUT2D eigenvalue weighted by Gasteiger charge is 2.12. The maximum Gasteiger partial charge on any atom is 0.253 e. The van der Waals surface area contributed by atoms with Gasteiger partial charge in [0.15, 0.2) is 0 Å². The van der Waals surface area contributed by atoms with E-state index in [2.05, 4.69) is 20.5 Å². The second kappa shape index (κ2) is 11.4. The van der Waals surface area contributed by atoms with Crippen LogP contribution in [0.5, 0.6) is 0 Å². The average Bonchev–Trinajstić information content (AvgIpc) is 2.76. The summed E-state index contributed by atoms with van der Waals surface area (Å²) in [4.78, 5) is 19.0. The van der Waals surface area contributed by atoms with Crippen molar-refractivity contribution in [3.05, 3.63) is 59.9 Å². The highest BCUT2D eigenvalue weighted by Crippen LogP contribution is 2.15. The minimum atomic E-state index is -0.0719. The molecule has 1 aromatic carbocycles. The number of carbonyl (C=O) groups excluding carboxylic acids is 1. The van der Waals surface area contributed by atoms with E-state index in [1.54, 1.807) is 12.4 Å². The number of pyridine rings is 1. The predicted octanol–water partition coefficient (Wildman–Crippen LogP) is 2.12. The summed E-state index contributed by atoms with van der Waals surface area (Å²) in [6.45, 7) is 5.96. The van der Waals surface area contributed by atoms with Crippen LogP contribution in [0.4, 0.5) is 5.69 Å². The number of nitrogens with zero attached hydrogens (tertiary/aromatic N) is 2. The van der Waals surface area contributed by atoms with Crippen molar-refractivity contribution in [2.24, 2.45) is 0 Å². The Morgan fingerprint density at radius 1 is 1.18 bits per heavy atom. The zero-order valence-corrected chi connectivity index (χ0v) is 16.1. The molecule has 0 aliphatic carbocycles. The second-order valence-corrected chi connectivity index (χ2v) is 6.64. The number of aromatic nitrogens is 1. The van der Waals surface area contributed by atoms with Gasteiger partial charge in [0.2, 0.25) is 0 Å². The van der Waals surface area contributed by atoms with Crippen LogP contribution in [0.25, 0.3) is 0 Å². The van der Waals surface area contributed by atoms with Gasteiger partial charge in [0, 0.05) is 37.7 Å². The lowest BCUT2D eigenvalue weighted by Gasteiger charge is -2.26. The summed E-state index contributed by atoms with van der Waals surface area (Å²) in [6.07, 6.45) is 4.44. The smallest absolute Gasteiger partial charge is 0.253 e. The van der Waals surface area contributed by atoms with Gasteiger partial charge in [-0.25, -0.2) is 0 Å². The number of rotatable bonds is 10. The van der Waals surface area contributed by atoms with Crippen LogP contribution in [0.2, 0.25) is 0 Å². The second-order valence-electron chi connectivity index (χ2n) is 6.64. The van der Waals surface area contributed by atoms with Crippen molar-refractivity contribution in [1.29, 1.82) is 0 Å². The van der Waals surface area contributed by atoms with Crippen LogP contribution in [0.3, 0.4) is 0 Å². The first-order valence-electron chi connectivity index (χ1n) is 9.71. The lowest BCUT2D eigenvalue weighted by molar-refractivity contribution is 0.0374. The Morgan fingerprint density at radius 3 is 2.86 bits per heavy atom. The molecule has 1 aliphatic heterocycles. The van der Waals surface area contributed by atoms with Gasteiger partial charge in [-0.05, 0) is 36.7 Å². The molecule has 2 heterocycles. The minimum absolute atomic E-state index is 0.0719. The normalized spacial score (nSPS) is 14.6. The highest BCUT2D eigenvalue weighted by molar-refractivity contribution is 5.99. The lowest BCUT2D eigenvalue weighted by Crippen LogP contribution is -2.38. The Kier molecular flexibility index (Phi) is 8.24. The molecule has 0 bridgehead atoms. The van der Waals surface area contributed by atoms with Crippen molar-refractivity contribution in [3.63, 3.8) is 0 Å². The van der Waals surface area contributed by atoms with Crippen LogP contribution in [0.1, 0.15) is 22.3 Å². The average molecular weight is 384 g/mol. The van der Waals surface area contributed by atoms with Gasteiger partial charge < -0.3 is 20.1 Å². The number of benzene rings is 1. The van der Waals surface area contributed by atoms with Gasteiger partial charge in [0.05, 0.1) is 25.4 Å². The summed E-state index contributed by atoms with van der Waals surface area (Å²) in [5, 5.41) is 6.19. The summed E-state index contributed by atoms with van der Waals surface area (Å²) >= 11 is 0. The van der Waals surface area contributed by atoms with E-state index >= 15 is 0 Å². The molecule has 1 saturated heterocycles. The van der Waals surface area contributed by atoms with E-state index in [0.717, 1.165) is 50.5 Å². The van der Waals surface area contributed by atoms with Crippen LogP contribution in [-0.2, 0) is 16.1 Å². The quantitative estimate of drug-likeness (QED) is 0.483. The van der Waals surface area contributed by atoms with Gasteiger partial charge in [0.1, 0.15) is 6.73 Å². The Hall–Kier alpha value is -2.48. The zero-order valence-electron chi connectivity index (χ0n) is 16.1. The molecule has 0 spiro atoms. The third-order valence-electron chi connectivity index (χ3n) is 4.57. The summed E-state index contributed by atoms with van der Waals surface area (Å²) in [5.41, 5.74) is 2.40. The molecule has 0 unspecified atom stereocenters. The summed E-state index contributed by atoms with van der Waals surface area (Å²) in [5.74, 6) is -0.0719. The monoisotopic (exact) mass is 384 g/mol. The van der Waals surface area contributed by atoms with E-state index in [1.165, 1.54) is 0 Å². The van der Waals surface area contributed by atoms with E-state index < -0.39 is 0 Å². The fourth-order valence-corrected chi connectivity index (χ4v) is 3.04. The molecular formula is C21H28N4O3. The fourth-order valence-electron chi connectivity index (χ4n) is 3.04. The van der Waals surface area contributed by atoms with Crippen LogP contribution in [0.15, 0.2) is 48.8 Å². The number of anilines is 1. The van der Waals surface area contributed by atoms with Gasteiger partial charge in [-0.15, -0.1) is 0 Å². The number of hydrogen-bond donors (Lipinski definition) is 2. The molecule has 7 nitrogen and oxygen atoms in total. The molecular weight excluding hydrogens is 356 g/mol. The Morgan fingerprint density at radius 2 is 2.04 bits per heavy atom. The first-order valence-corrected chi connectivity index (χ1v) is 9.71. The van der Waals surface area contributed by atoms with E-state index in [0.29, 0.717) is 25.4 Å². The summed E-state index contributed by atoms with van der Waals surface area (Å²) < 4.78 is 11.0. The van der Waals surface area contributed by atoms with Crippen molar-refractivity contribution in [1.82, 2.24) is 15.2 Å². The van der Waals surface area contributed by atoms with E-state index in [4.69, 9.17) is 9.47 Å². The molecule has 1 amide bonds. The number of nitrogens with one attached hydrogen (secondary N) is 2. The van der Waals surface area contributed by atoms with Gasteiger partial charge in [-0.2, -0.15) is 0 Å². The van der Waals surface area contributed by atoms with E-state index in [1.807, 2.05) is 36.4 Å². The maximum atomic E-state index is 12.5. The molecule has 28 heavy (non-hydrogen) atoms. The molecule has 2 N–H and O–H groups in total. The molecule has 0 radical (unpaired) electrons. The molecule has 1 aromatic heterocycles. The number of hydrogen-bond acceptors (Lipinski definition) is 6. The van der Waals surface area contributed by atoms with Crippen LogP contribution < -0.4 is 10.6 Å². The van der Waals surface area contributed by atoms with Gasteiger partial charge in [-0.3, -0.25) is 14.7 Å². The van der Waals surface area contributed by atoms with E-state index in [-0.39, 0.29) is 5.91 Å². The number of para-hydroxylation sites is 1. The van der Waals surface area contributed by atoms with Crippen molar-refractivity contribution in [2.45, 2.75) is 13.0 Å². The maximum absolute atomic E-state index is 12.5. The molecule has 1 fully saturated rings. The standard InChI is InChI=1S/C21H28N4O3/c26-21(23-9-4-10-25-11-13-27-14-12-25)19-6-1-2-7-20(19)24-17-28-16-18-5-3-8-22-15-18/h1-3,5-8,15,24H,4,9-14,16-17H2,(H,23,26). The molecule has 7 heteroatoms. The molecule has 2 aromatic rings. The summed E-state index contributed by atoms with van der Waals surface area (Å²) in [7, 11) is 0. The topological polar surface area (TPSA) is 75.7 Å². The number of morpholine rings is 1. The van der Waals surface area contributed by atoms with Crippen molar-refractivity contribution in [3.8, 4) is 0 Å². The number of ether oxygens (including phenoxy) is 2. The summed E-state index contributed by atoms with van der Waals surface area (Å²) in [6, 6.07) is 11.3. The molecule has 1 aliphatic rings. The third-order valence-corrected chi connectivity index (χ3v) is 4.57. The van der Waals surface area contributed by atoms with Gasteiger partial charge in [-0.1, -0.05) is 18.2 Å². The van der Waals surface area contributed by atoms with Crippen molar-refractivity contribution in [2.75, 3.05) is 51.4 Å². The molecule has 3 rings (SSSR count). The number of carbonyl (C=O) groups is 1. The lowest BCUT2D eigenvalue weighted by atomic mass is 10.1. The molecule has 150 valence electrons. The Labute approximate surface area is 166 Å². The van der Waals surface area contributed by atoms with E-state index in [9.17, 15) is 4.79 Å². The predicted molar refractivity (Wildman–Crippen MR) is 108 cm³/mol. The Balaban J connectivity index is 1.40. The number of amides is 1. The van der Waals surface area contributed by atoms with Crippen LogP contribution in [-0.4, -0.2) is 61.9 Å². The minimum Gasteiger partial charge on any atom is -0.379 e. The third kappa shape index (κ3) is 6.60. The van der Waals surface area contributed by atoms with Gasteiger partial charge in [0.25, 0.3) is 5.91 Å². The first kappa shape index (κ1) is 20.3. The molecule has 0 atom stereocenters. The van der Waals surface area contributed by atoms with Gasteiger partial charge >= 0.3 is 0 Å². The molecule has 0 saturated carbocycles. The fraction of sp³-hybridized carbons (Fsp3) is 0.429. The SMILES string of the molecule is O=C(NCCCN1CCOCC1)c1ccccc1NCOCc1cccnc1. The van der Waals surface area contributed by atoms with Crippen LogP contribution >= 0.6 is 0 Å². The van der Waals surface area contributed by atoms with Crippen LogP contribution in [0, 0.1) is 0 Å². The van der Waals surface area contributed by atoms with Crippen molar-refractivity contribution < 1.29 is 14.3 Å². The first-order chi connectivity index (χ1) is 13.8. The largest absolute Gasteiger partial charge is 0.379 e.